The SMILES string of the molecule is CCCC1CCCc2c1[nH]c1ccccc21. The lowest BCUT2D eigenvalue weighted by molar-refractivity contribution is 0.508. The maximum absolute atomic E-state index is 3.65. The lowest BCUT2D eigenvalue weighted by Gasteiger charge is -2.22. The molecule has 84 valence electrons. The van der Waals surface area contributed by atoms with Crippen molar-refractivity contribution < 1.29 is 0 Å². The molecule has 0 bridgehead atoms. The lowest BCUT2D eigenvalue weighted by atomic mass is 9.84. The topological polar surface area (TPSA) is 15.8 Å². The molecular formula is C15H19N. The molecule has 1 heterocycles. The summed E-state index contributed by atoms with van der Waals surface area (Å²) in [5, 5.41) is 1.46. The summed E-state index contributed by atoms with van der Waals surface area (Å²) in [6.45, 7) is 2.29. The molecule has 1 aromatic carbocycles. The van der Waals surface area contributed by atoms with Crippen molar-refractivity contribution in [1.29, 1.82) is 0 Å². The molecule has 1 aliphatic rings. The maximum Gasteiger partial charge on any atom is 0.0459 e. The van der Waals surface area contributed by atoms with Gasteiger partial charge in [0.2, 0.25) is 0 Å². The van der Waals surface area contributed by atoms with Gasteiger partial charge < -0.3 is 4.98 Å². The molecule has 0 fully saturated rings. The van der Waals surface area contributed by atoms with Crippen LogP contribution >= 0.6 is 0 Å². The maximum atomic E-state index is 3.65. The van der Waals surface area contributed by atoms with Crippen LogP contribution in [0.15, 0.2) is 24.3 Å². The second kappa shape index (κ2) is 3.97. The van der Waals surface area contributed by atoms with Crippen molar-refractivity contribution in [3.8, 4) is 0 Å². The Labute approximate surface area is 96.9 Å². The van der Waals surface area contributed by atoms with Gasteiger partial charge in [0.15, 0.2) is 0 Å². The number of hydrogen-bond acceptors (Lipinski definition) is 0. The highest BCUT2D eigenvalue weighted by molar-refractivity contribution is 5.85. The molecule has 0 spiro atoms. The number of benzene rings is 1. The van der Waals surface area contributed by atoms with Crippen LogP contribution in [0.3, 0.4) is 0 Å². The fourth-order valence-electron chi connectivity index (χ4n) is 3.15. The summed E-state index contributed by atoms with van der Waals surface area (Å²) in [6, 6.07) is 8.74. The van der Waals surface area contributed by atoms with Gasteiger partial charge in [0.25, 0.3) is 0 Å². The highest BCUT2D eigenvalue weighted by Crippen LogP contribution is 2.38. The van der Waals surface area contributed by atoms with E-state index in [1.165, 1.54) is 48.7 Å². The average molecular weight is 213 g/mol. The zero-order valence-electron chi connectivity index (χ0n) is 9.92. The van der Waals surface area contributed by atoms with Crippen molar-refractivity contribution in [3.63, 3.8) is 0 Å². The zero-order chi connectivity index (χ0) is 11.0. The van der Waals surface area contributed by atoms with Crippen LogP contribution in [0.4, 0.5) is 0 Å². The van der Waals surface area contributed by atoms with Gasteiger partial charge in [0, 0.05) is 16.6 Å². The highest BCUT2D eigenvalue weighted by Gasteiger charge is 2.22. The number of nitrogens with one attached hydrogen (secondary N) is 1. The molecule has 1 nitrogen and oxygen atoms in total. The van der Waals surface area contributed by atoms with Gasteiger partial charge in [0.05, 0.1) is 0 Å². The van der Waals surface area contributed by atoms with Crippen LogP contribution in [0, 0.1) is 0 Å². The van der Waals surface area contributed by atoms with E-state index >= 15 is 0 Å². The molecule has 0 aliphatic heterocycles. The van der Waals surface area contributed by atoms with Crippen molar-refractivity contribution in [2.75, 3.05) is 0 Å². The largest absolute Gasteiger partial charge is 0.358 e. The van der Waals surface area contributed by atoms with Gasteiger partial charge in [-0.2, -0.15) is 0 Å². The second-order valence-corrected chi connectivity index (χ2v) is 4.94. The summed E-state index contributed by atoms with van der Waals surface area (Å²) in [6.07, 6.45) is 6.62. The first-order valence-corrected chi connectivity index (χ1v) is 6.49. The minimum Gasteiger partial charge on any atom is -0.358 e. The van der Waals surface area contributed by atoms with Crippen molar-refractivity contribution in [3.05, 3.63) is 35.5 Å². The predicted molar refractivity (Wildman–Crippen MR) is 68.9 cm³/mol. The Morgan fingerprint density at radius 1 is 1.31 bits per heavy atom. The number of H-pyrrole nitrogens is 1. The van der Waals surface area contributed by atoms with E-state index in [9.17, 15) is 0 Å². The van der Waals surface area contributed by atoms with E-state index in [1.54, 1.807) is 5.56 Å². The molecule has 1 atom stereocenters. The van der Waals surface area contributed by atoms with E-state index in [1.807, 2.05) is 0 Å². The van der Waals surface area contributed by atoms with Crippen molar-refractivity contribution >= 4 is 10.9 Å². The van der Waals surface area contributed by atoms with Gasteiger partial charge in [-0.3, -0.25) is 0 Å². The van der Waals surface area contributed by atoms with E-state index < -0.39 is 0 Å². The Balaban J connectivity index is 2.13. The number of aromatic nitrogens is 1. The number of aromatic amines is 1. The summed E-state index contributed by atoms with van der Waals surface area (Å²) >= 11 is 0. The molecule has 16 heavy (non-hydrogen) atoms. The van der Waals surface area contributed by atoms with Gasteiger partial charge in [-0.1, -0.05) is 31.5 Å². The summed E-state index contributed by atoms with van der Waals surface area (Å²) in [7, 11) is 0. The summed E-state index contributed by atoms with van der Waals surface area (Å²) in [4.78, 5) is 3.65. The van der Waals surface area contributed by atoms with Crippen LogP contribution in [0.5, 0.6) is 0 Å². The first-order valence-electron chi connectivity index (χ1n) is 6.49. The van der Waals surface area contributed by atoms with E-state index in [0.29, 0.717) is 0 Å². The predicted octanol–water partition coefficient (Wildman–Crippen LogP) is 4.39. The quantitative estimate of drug-likeness (QED) is 0.761. The van der Waals surface area contributed by atoms with E-state index in [2.05, 4.69) is 36.2 Å². The van der Waals surface area contributed by atoms with Crippen LogP contribution < -0.4 is 0 Å². The van der Waals surface area contributed by atoms with E-state index in [-0.39, 0.29) is 0 Å². The van der Waals surface area contributed by atoms with Gasteiger partial charge in [0.1, 0.15) is 0 Å². The third-order valence-electron chi connectivity index (χ3n) is 3.87. The van der Waals surface area contributed by atoms with Crippen molar-refractivity contribution in [2.45, 2.75) is 44.9 Å². The Kier molecular flexibility index (Phi) is 2.47. The van der Waals surface area contributed by atoms with Gasteiger partial charge in [-0.05, 0) is 43.2 Å². The smallest absolute Gasteiger partial charge is 0.0459 e. The lowest BCUT2D eigenvalue weighted by Crippen LogP contribution is -2.08. The van der Waals surface area contributed by atoms with Crippen molar-refractivity contribution in [1.82, 2.24) is 4.98 Å². The molecule has 0 radical (unpaired) electrons. The number of fused-ring (bicyclic) bond motifs is 3. The first-order chi connectivity index (χ1) is 7.90. The standard InChI is InChI=1S/C15H19N/c1-2-6-11-7-5-9-13-12-8-3-4-10-14(12)16-15(11)13/h3-4,8,10-11,16H,2,5-7,9H2,1H3. The summed E-state index contributed by atoms with van der Waals surface area (Å²) in [5.41, 5.74) is 4.46. The Morgan fingerprint density at radius 2 is 2.19 bits per heavy atom. The van der Waals surface area contributed by atoms with Gasteiger partial charge >= 0.3 is 0 Å². The van der Waals surface area contributed by atoms with Crippen LogP contribution in [0.2, 0.25) is 0 Å². The van der Waals surface area contributed by atoms with Crippen LogP contribution in [0.25, 0.3) is 10.9 Å². The molecule has 1 unspecified atom stereocenters. The van der Waals surface area contributed by atoms with E-state index in [0.717, 1.165) is 5.92 Å². The molecule has 3 rings (SSSR count). The van der Waals surface area contributed by atoms with E-state index in [4.69, 9.17) is 0 Å². The summed E-state index contributed by atoms with van der Waals surface area (Å²) < 4.78 is 0. The molecular weight excluding hydrogens is 194 g/mol. The Bertz CT molecular complexity index is 495. The molecule has 1 aliphatic carbocycles. The molecule has 0 saturated carbocycles. The third-order valence-corrected chi connectivity index (χ3v) is 3.87. The second-order valence-electron chi connectivity index (χ2n) is 4.94. The Hall–Kier alpha value is -1.24. The molecule has 1 aromatic heterocycles. The van der Waals surface area contributed by atoms with Crippen molar-refractivity contribution in [2.24, 2.45) is 0 Å². The van der Waals surface area contributed by atoms with Crippen LogP contribution in [0.1, 0.15) is 49.8 Å². The van der Waals surface area contributed by atoms with Crippen LogP contribution in [-0.2, 0) is 6.42 Å². The third kappa shape index (κ3) is 1.46. The molecule has 2 aromatic rings. The molecule has 1 N–H and O–H groups in total. The minimum absolute atomic E-state index is 0.779. The number of rotatable bonds is 2. The fourth-order valence-corrected chi connectivity index (χ4v) is 3.15. The summed E-state index contributed by atoms with van der Waals surface area (Å²) in [5.74, 6) is 0.779. The molecule has 0 saturated heterocycles. The van der Waals surface area contributed by atoms with Gasteiger partial charge in [-0.15, -0.1) is 0 Å². The number of para-hydroxylation sites is 1. The highest BCUT2D eigenvalue weighted by atomic mass is 14.7. The number of aryl methyl sites for hydroxylation is 1. The monoisotopic (exact) mass is 213 g/mol. The minimum atomic E-state index is 0.779. The molecule has 0 amide bonds. The molecule has 1 heteroatoms. The Morgan fingerprint density at radius 3 is 3.06 bits per heavy atom. The van der Waals surface area contributed by atoms with Gasteiger partial charge in [-0.25, -0.2) is 0 Å². The number of hydrogen-bond donors (Lipinski definition) is 1. The first kappa shape index (κ1) is 9.95. The average Bonchev–Trinajstić information content (AvgIpc) is 2.69. The fraction of sp³-hybridized carbons (Fsp3) is 0.467. The normalized spacial score (nSPS) is 19.9. The zero-order valence-corrected chi connectivity index (χ0v) is 9.92. The van der Waals surface area contributed by atoms with Crippen LogP contribution in [-0.4, -0.2) is 4.98 Å².